The predicted octanol–water partition coefficient (Wildman–Crippen LogP) is 3.00. The van der Waals surface area contributed by atoms with E-state index in [1.54, 1.807) is 6.08 Å². The standard InChI is InChI=1S/C75H135N3O27/c1-4-6-8-10-12-14-16-18-19-20-21-22-23-24-25-26-27-29-31-33-35-37-39-41-57(88)77-50(51(85)40-38-36-34-32-30-28-17-15-13-11-9-7-5-2)48-98-72-65(94)64(93)67(55(45-81)100-72)102-73-66(95)70(68(56(46-82)101-73)103-71-60(76-49(3)84)63(92)62(91)54(44-80)99-71)105-75(74(96)97)42-52(86)59(78-58(89)47-83)69(104-75)61(90)53(87)43-79/h18-19,38,40,50-56,59-73,79-83,85-87,90-95H,4-17,20-37,39,41-48H2,1-3H3,(H,76,84)(H,77,88)(H,78,89)(H,96,97)/b19-18-,40-38+/t50-,51+,52?,53+,54?,55?,56?,59+,60?,61+,62-,63+,64+,65?,66?,67+,68-,69?,70+,71-,72+,73-,75-/m0/s1. The fourth-order valence-electron chi connectivity index (χ4n) is 13.9. The van der Waals surface area contributed by atoms with Crippen molar-refractivity contribution in [2.45, 2.75) is 386 Å². The number of amides is 3. The molecule has 0 radical (unpaired) electrons. The summed E-state index contributed by atoms with van der Waals surface area (Å²) in [7, 11) is 0. The molecule has 0 aromatic carbocycles. The van der Waals surface area contributed by atoms with Crippen LogP contribution in [-0.2, 0) is 57.1 Å². The number of nitrogens with one attached hydrogen (secondary N) is 3. The van der Waals surface area contributed by atoms with Crippen LogP contribution in [0.3, 0.4) is 0 Å². The Balaban J connectivity index is 1.47. The van der Waals surface area contributed by atoms with E-state index in [1.807, 2.05) is 6.08 Å². The molecule has 0 aliphatic carbocycles. The highest BCUT2D eigenvalue weighted by Crippen LogP contribution is 2.40. The summed E-state index contributed by atoms with van der Waals surface area (Å²) in [6, 6.07) is -4.71. The van der Waals surface area contributed by atoms with Crippen LogP contribution in [0.4, 0.5) is 0 Å². The van der Waals surface area contributed by atoms with Crippen LogP contribution in [0, 0.1) is 0 Å². The van der Waals surface area contributed by atoms with Crippen molar-refractivity contribution in [3.8, 4) is 0 Å². The maximum absolute atomic E-state index is 13.6. The van der Waals surface area contributed by atoms with Gasteiger partial charge in [-0.15, -0.1) is 0 Å². The molecule has 30 nitrogen and oxygen atoms in total. The van der Waals surface area contributed by atoms with Gasteiger partial charge in [0.1, 0.15) is 98.1 Å². The molecule has 30 heteroatoms. The van der Waals surface area contributed by atoms with Gasteiger partial charge in [0, 0.05) is 19.8 Å². The quantitative estimate of drug-likeness (QED) is 0.0307. The summed E-state index contributed by atoms with van der Waals surface area (Å²) in [5.41, 5.74) is 0. The van der Waals surface area contributed by atoms with Crippen LogP contribution in [0.1, 0.15) is 245 Å². The summed E-state index contributed by atoms with van der Waals surface area (Å²) in [6.07, 6.45) is 6.72. The fourth-order valence-corrected chi connectivity index (χ4v) is 13.9. The molecule has 612 valence electrons. The lowest BCUT2D eigenvalue weighted by Gasteiger charge is -2.52. The average Bonchev–Trinajstić information content (AvgIpc) is 0.746. The summed E-state index contributed by atoms with van der Waals surface area (Å²) >= 11 is 0. The molecular weight excluding hydrogens is 1370 g/mol. The number of unbranched alkanes of at least 4 members (excludes halogenated alkanes) is 30. The minimum atomic E-state index is -3.35. The second kappa shape index (κ2) is 53.4. The lowest BCUT2D eigenvalue weighted by atomic mass is 9.88. The van der Waals surface area contributed by atoms with Gasteiger partial charge in [0.05, 0.1) is 57.3 Å². The molecule has 0 bridgehead atoms. The smallest absolute Gasteiger partial charge is 0.364 e. The van der Waals surface area contributed by atoms with Gasteiger partial charge in [-0.1, -0.05) is 205 Å². The first-order chi connectivity index (χ1) is 50.6. The molecule has 105 heavy (non-hydrogen) atoms. The van der Waals surface area contributed by atoms with Crippen molar-refractivity contribution >= 4 is 23.7 Å². The predicted molar refractivity (Wildman–Crippen MR) is 384 cm³/mol. The van der Waals surface area contributed by atoms with Gasteiger partial charge in [0.2, 0.25) is 17.7 Å². The molecular formula is C75H135N3O27. The van der Waals surface area contributed by atoms with Crippen molar-refractivity contribution in [1.29, 1.82) is 0 Å². The third kappa shape index (κ3) is 32.8. The van der Waals surface area contributed by atoms with E-state index in [2.05, 4.69) is 41.9 Å². The van der Waals surface area contributed by atoms with E-state index in [-0.39, 0.29) is 12.3 Å². The van der Waals surface area contributed by atoms with E-state index in [0.29, 0.717) is 12.8 Å². The Bertz CT molecular complexity index is 2390. The molecule has 0 spiro atoms. The summed E-state index contributed by atoms with van der Waals surface area (Å²) in [5.74, 6) is -7.85. The second-order valence-corrected chi connectivity index (χ2v) is 29.0. The second-order valence-electron chi connectivity index (χ2n) is 29.0. The molecule has 0 aromatic heterocycles. The van der Waals surface area contributed by atoms with E-state index in [0.717, 1.165) is 58.3 Å². The van der Waals surface area contributed by atoms with E-state index in [9.17, 15) is 95.8 Å². The summed E-state index contributed by atoms with van der Waals surface area (Å²) in [6.45, 7) is -0.579. The number of rotatable bonds is 57. The molecule has 4 aliphatic heterocycles. The van der Waals surface area contributed by atoms with Crippen LogP contribution in [0.2, 0.25) is 0 Å². The number of hydrogen-bond acceptors (Lipinski definition) is 26. The van der Waals surface area contributed by atoms with Crippen molar-refractivity contribution < 1.29 is 134 Å². The van der Waals surface area contributed by atoms with Crippen LogP contribution in [-0.4, -0.2) is 280 Å². The minimum Gasteiger partial charge on any atom is -0.477 e. The topological polar surface area (TPSA) is 482 Å². The molecule has 18 N–H and O–H groups in total. The van der Waals surface area contributed by atoms with Gasteiger partial charge >= 0.3 is 5.97 Å². The fraction of sp³-hybridized carbons (Fsp3) is 0.893. The zero-order chi connectivity index (χ0) is 77.1. The Kier molecular flexibility index (Phi) is 47.7. The molecule has 4 heterocycles. The van der Waals surface area contributed by atoms with Gasteiger partial charge in [0.25, 0.3) is 5.79 Å². The first-order valence-electron chi connectivity index (χ1n) is 39.4. The number of carboxylic acids is 1. The van der Waals surface area contributed by atoms with E-state index < -0.39 is 204 Å². The molecule has 4 aliphatic rings. The molecule has 0 saturated carbocycles. The first-order valence-corrected chi connectivity index (χ1v) is 39.4. The highest BCUT2D eigenvalue weighted by molar-refractivity contribution is 5.78. The Morgan fingerprint density at radius 2 is 0.971 bits per heavy atom. The van der Waals surface area contributed by atoms with Crippen molar-refractivity contribution in [3.63, 3.8) is 0 Å². The lowest BCUT2D eigenvalue weighted by Crippen LogP contribution is -2.72. The highest BCUT2D eigenvalue weighted by atomic mass is 16.8. The number of carbonyl (C=O) groups excluding carboxylic acids is 3. The Morgan fingerprint density at radius 1 is 0.505 bits per heavy atom. The normalized spacial score (nSPS) is 30.7. The van der Waals surface area contributed by atoms with Crippen LogP contribution in [0.5, 0.6) is 0 Å². The Hall–Kier alpha value is -3.52. The monoisotopic (exact) mass is 1510 g/mol. The van der Waals surface area contributed by atoms with Gasteiger partial charge in [-0.3, -0.25) is 14.4 Å². The maximum atomic E-state index is 13.6. The number of aliphatic carboxylic acids is 1. The zero-order valence-corrected chi connectivity index (χ0v) is 62.6. The van der Waals surface area contributed by atoms with Crippen molar-refractivity contribution in [2.24, 2.45) is 0 Å². The molecule has 4 fully saturated rings. The lowest BCUT2D eigenvalue weighted by molar-refractivity contribution is -0.401. The molecule has 3 amide bonds. The van der Waals surface area contributed by atoms with Crippen LogP contribution in [0.25, 0.3) is 0 Å². The van der Waals surface area contributed by atoms with Gasteiger partial charge in [-0.2, -0.15) is 0 Å². The number of ether oxygens (including phenoxy) is 8. The summed E-state index contributed by atoms with van der Waals surface area (Å²) in [5, 5.41) is 173. The number of aliphatic hydroxyl groups is 14. The third-order valence-electron chi connectivity index (χ3n) is 20.2. The van der Waals surface area contributed by atoms with Crippen LogP contribution < -0.4 is 16.0 Å². The van der Waals surface area contributed by atoms with Crippen LogP contribution >= 0.6 is 0 Å². The van der Waals surface area contributed by atoms with Gasteiger partial charge < -0.3 is 130 Å². The number of carbonyl (C=O) groups is 4. The SMILES string of the molecule is CCCCCCCC/C=C\CCCCCCCCCCCCCCCC(=O)N[C@@H](CO[C@@H]1OC(CO)[C@@H](O[C@@H]2OC(CO)[C@H](O[C@@H]3OC(CO)[C@H](O)[C@H](O)C3NC(C)=O)[C@H](O[C@]3(C(=O)O)CC(O)[C@@H](NC(=O)CO)C([C@H](O)[C@H](O)CO)O3)C2O)[C@H](O)C1O)[C@H](O)/C=C/CCCCCCCCCCCCC. The van der Waals surface area contributed by atoms with Gasteiger partial charge in [-0.05, 0) is 44.9 Å². The number of allylic oxidation sites excluding steroid dienone is 3. The highest BCUT2D eigenvalue weighted by Gasteiger charge is 2.62. The van der Waals surface area contributed by atoms with Gasteiger partial charge in [-0.25, -0.2) is 4.79 Å². The van der Waals surface area contributed by atoms with Crippen LogP contribution in [0.15, 0.2) is 24.3 Å². The molecule has 23 atom stereocenters. The zero-order valence-electron chi connectivity index (χ0n) is 62.6. The number of hydrogen-bond donors (Lipinski definition) is 18. The largest absolute Gasteiger partial charge is 0.477 e. The maximum Gasteiger partial charge on any atom is 0.364 e. The van der Waals surface area contributed by atoms with E-state index in [4.69, 9.17) is 37.9 Å². The molecule has 4 rings (SSSR count). The number of carboxylic acid groups (broad SMARTS) is 1. The summed E-state index contributed by atoms with van der Waals surface area (Å²) < 4.78 is 47.9. The molecule has 0 aromatic rings. The number of aliphatic hydroxyl groups excluding tert-OH is 14. The Labute approximate surface area is 620 Å². The molecule has 4 saturated heterocycles. The Morgan fingerprint density at radius 3 is 1.46 bits per heavy atom. The molecule has 8 unspecified atom stereocenters. The van der Waals surface area contributed by atoms with Crippen molar-refractivity contribution in [3.05, 3.63) is 24.3 Å². The minimum absolute atomic E-state index is 0.151. The van der Waals surface area contributed by atoms with Gasteiger partial charge in [0.15, 0.2) is 18.9 Å². The van der Waals surface area contributed by atoms with Crippen molar-refractivity contribution in [2.75, 3.05) is 39.6 Å². The van der Waals surface area contributed by atoms with E-state index in [1.165, 1.54) is 148 Å². The average molecular weight is 1510 g/mol. The third-order valence-corrected chi connectivity index (χ3v) is 20.2. The first kappa shape index (κ1) is 93.9. The van der Waals surface area contributed by atoms with E-state index >= 15 is 0 Å². The summed E-state index contributed by atoms with van der Waals surface area (Å²) in [4.78, 5) is 52.2. The van der Waals surface area contributed by atoms with Crippen molar-refractivity contribution in [1.82, 2.24) is 16.0 Å².